The van der Waals surface area contributed by atoms with E-state index in [1.165, 1.54) is 19.1 Å². The van der Waals surface area contributed by atoms with E-state index in [4.69, 9.17) is 11.6 Å². The molecule has 2 rings (SSSR count). The van der Waals surface area contributed by atoms with Gasteiger partial charge in [0.25, 0.3) is 0 Å². The summed E-state index contributed by atoms with van der Waals surface area (Å²) in [7, 11) is -3.19. The summed E-state index contributed by atoms with van der Waals surface area (Å²) in [5.74, 6) is 0.600. The molecule has 1 fully saturated rings. The largest absolute Gasteiger partial charge is 0.381 e. The van der Waals surface area contributed by atoms with E-state index in [2.05, 4.69) is 12.2 Å². The van der Waals surface area contributed by atoms with Gasteiger partial charge in [0.15, 0.2) is 9.84 Å². The van der Waals surface area contributed by atoms with Crippen molar-refractivity contribution in [2.75, 3.05) is 11.6 Å². The molecule has 0 spiro atoms. The highest BCUT2D eigenvalue weighted by Gasteiger charge is 2.24. The summed E-state index contributed by atoms with van der Waals surface area (Å²) >= 11 is 6.12. The molecule has 0 heterocycles. The molecule has 0 aliphatic heterocycles. The van der Waals surface area contributed by atoms with Crippen molar-refractivity contribution < 1.29 is 8.42 Å². The number of hydrogen-bond donors (Lipinski definition) is 1. The van der Waals surface area contributed by atoms with Crippen LogP contribution in [0.15, 0.2) is 23.1 Å². The van der Waals surface area contributed by atoms with Crippen LogP contribution in [-0.2, 0) is 9.84 Å². The number of hydrogen-bond acceptors (Lipinski definition) is 3. The molecule has 1 aromatic carbocycles. The zero-order valence-electron chi connectivity index (χ0n) is 10.6. The van der Waals surface area contributed by atoms with Gasteiger partial charge < -0.3 is 5.32 Å². The minimum Gasteiger partial charge on any atom is -0.381 e. The molecule has 1 aliphatic rings. The molecule has 100 valence electrons. The topological polar surface area (TPSA) is 46.2 Å². The van der Waals surface area contributed by atoms with Crippen LogP contribution < -0.4 is 5.32 Å². The average molecular weight is 288 g/mol. The Morgan fingerprint density at radius 1 is 1.33 bits per heavy atom. The van der Waals surface area contributed by atoms with E-state index in [-0.39, 0.29) is 0 Å². The summed E-state index contributed by atoms with van der Waals surface area (Å²) in [4.78, 5) is 0.306. The fraction of sp³-hybridized carbons (Fsp3) is 0.538. The van der Waals surface area contributed by atoms with Crippen molar-refractivity contribution in [2.45, 2.75) is 37.1 Å². The highest BCUT2D eigenvalue weighted by molar-refractivity contribution is 7.90. The average Bonchev–Trinajstić information content (AvgIpc) is 2.66. The lowest BCUT2D eigenvalue weighted by atomic mass is 10.1. The van der Waals surface area contributed by atoms with Crippen molar-refractivity contribution in [2.24, 2.45) is 5.92 Å². The van der Waals surface area contributed by atoms with Gasteiger partial charge in [0.05, 0.1) is 15.6 Å². The van der Waals surface area contributed by atoms with E-state index in [9.17, 15) is 8.42 Å². The molecule has 1 aromatic rings. The second-order valence-corrected chi connectivity index (χ2v) is 7.50. The maximum absolute atomic E-state index is 11.5. The third kappa shape index (κ3) is 2.98. The van der Waals surface area contributed by atoms with Crippen molar-refractivity contribution in [1.82, 2.24) is 0 Å². The number of benzene rings is 1. The minimum atomic E-state index is -3.19. The van der Waals surface area contributed by atoms with Crippen LogP contribution in [0.5, 0.6) is 0 Å². The maximum Gasteiger partial charge on any atom is 0.175 e. The number of rotatable bonds is 3. The van der Waals surface area contributed by atoms with E-state index in [1.54, 1.807) is 18.2 Å². The first-order chi connectivity index (χ1) is 8.38. The zero-order chi connectivity index (χ0) is 13.3. The van der Waals surface area contributed by atoms with Crippen LogP contribution in [0.25, 0.3) is 0 Å². The molecule has 5 heteroatoms. The summed E-state index contributed by atoms with van der Waals surface area (Å²) in [6.07, 6.45) is 4.74. The van der Waals surface area contributed by atoms with Crippen LogP contribution in [0.3, 0.4) is 0 Å². The predicted octanol–water partition coefficient (Wildman–Crippen LogP) is 3.34. The second kappa shape index (κ2) is 5.10. The van der Waals surface area contributed by atoms with Gasteiger partial charge in [0.2, 0.25) is 0 Å². The molecule has 3 nitrogen and oxygen atoms in total. The van der Waals surface area contributed by atoms with Gasteiger partial charge in [0.1, 0.15) is 0 Å². The minimum absolute atomic E-state index is 0.306. The van der Waals surface area contributed by atoms with E-state index in [0.717, 1.165) is 12.1 Å². The van der Waals surface area contributed by atoms with Crippen molar-refractivity contribution >= 4 is 27.1 Å². The Bertz CT molecular complexity index is 542. The van der Waals surface area contributed by atoms with Crippen molar-refractivity contribution in [3.63, 3.8) is 0 Å². The van der Waals surface area contributed by atoms with Crippen molar-refractivity contribution in [3.05, 3.63) is 23.2 Å². The standard InChI is InChI=1S/C13H18ClNO2S/c1-9-4-3-5-12(9)15-13-8-10(18(2,16)17)6-7-11(13)14/h6-9,12,15H,3-5H2,1-2H3. The third-order valence-corrected chi connectivity index (χ3v) is 5.01. The molecule has 1 saturated carbocycles. The van der Waals surface area contributed by atoms with Crippen LogP contribution in [0.1, 0.15) is 26.2 Å². The number of halogens is 1. The van der Waals surface area contributed by atoms with E-state index >= 15 is 0 Å². The first kappa shape index (κ1) is 13.7. The molecule has 18 heavy (non-hydrogen) atoms. The highest BCUT2D eigenvalue weighted by Crippen LogP contribution is 2.32. The summed E-state index contributed by atoms with van der Waals surface area (Å²) < 4.78 is 23.1. The Morgan fingerprint density at radius 3 is 2.61 bits per heavy atom. The maximum atomic E-state index is 11.5. The lowest BCUT2D eigenvalue weighted by Crippen LogP contribution is -2.22. The summed E-state index contributed by atoms with van der Waals surface area (Å²) in [5.41, 5.74) is 0.721. The molecule has 0 radical (unpaired) electrons. The molecule has 0 aromatic heterocycles. The second-order valence-electron chi connectivity index (χ2n) is 5.07. The third-order valence-electron chi connectivity index (χ3n) is 3.57. The van der Waals surface area contributed by atoms with Crippen LogP contribution in [0, 0.1) is 5.92 Å². The van der Waals surface area contributed by atoms with Gasteiger partial charge in [-0.05, 0) is 37.0 Å². The molecular formula is C13H18ClNO2S. The van der Waals surface area contributed by atoms with E-state index < -0.39 is 9.84 Å². The molecule has 1 aliphatic carbocycles. The van der Waals surface area contributed by atoms with Gasteiger partial charge in [-0.2, -0.15) is 0 Å². The molecule has 2 unspecified atom stereocenters. The molecule has 1 N–H and O–H groups in total. The fourth-order valence-electron chi connectivity index (χ4n) is 2.41. The monoisotopic (exact) mass is 287 g/mol. The molecule has 0 saturated heterocycles. The molecule has 0 amide bonds. The highest BCUT2D eigenvalue weighted by atomic mass is 35.5. The first-order valence-corrected chi connectivity index (χ1v) is 8.41. The quantitative estimate of drug-likeness (QED) is 0.927. The van der Waals surface area contributed by atoms with E-state index in [1.807, 2.05) is 0 Å². The van der Waals surface area contributed by atoms with Gasteiger partial charge in [-0.25, -0.2) is 8.42 Å². The fourth-order valence-corrected chi connectivity index (χ4v) is 3.22. The Kier molecular flexibility index (Phi) is 3.87. The normalized spacial score (nSPS) is 24.2. The molecular weight excluding hydrogens is 270 g/mol. The van der Waals surface area contributed by atoms with Crippen LogP contribution in [0.2, 0.25) is 5.02 Å². The van der Waals surface area contributed by atoms with Gasteiger partial charge >= 0.3 is 0 Å². The summed E-state index contributed by atoms with van der Waals surface area (Å²) in [5, 5.41) is 3.95. The Hall–Kier alpha value is -0.740. The lowest BCUT2D eigenvalue weighted by Gasteiger charge is -2.20. The van der Waals surface area contributed by atoms with Crippen LogP contribution in [-0.4, -0.2) is 20.7 Å². The SMILES string of the molecule is CC1CCCC1Nc1cc(S(C)(=O)=O)ccc1Cl. The van der Waals surface area contributed by atoms with Gasteiger partial charge in [-0.1, -0.05) is 24.9 Å². The Labute approximate surface area is 113 Å². The van der Waals surface area contributed by atoms with Gasteiger partial charge in [-0.3, -0.25) is 0 Å². The summed E-state index contributed by atoms with van der Waals surface area (Å²) in [6, 6.07) is 5.20. The summed E-state index contributed by atoms with van der Waals surface area (Å²) in [6.45, 7) is 2.21. The number of sulfone groups is 1. The van der Waals surface area contributed by atoms with Gasteiger partial charge in [-0.15, -0.1) is 0 Å². The molecule has 2 atom stereocenters. The lowest BCUT2D eigenvalue weighted by molar-refractivity contribution is 0.556. The number of anilines is 1. The van der Waals surface area contributed by atoms with Crippen molar-refractivity contribution in [3.8, 4) is 0 Å². The smallest absolute Gasteiger partial charge is 0.175 e. The van der Waals surface area contributed by atoms with Crippen LogP contribution in [0.4, 0.5) is 5.69 Å². The Balaban J connectivity index is 2.27. The van der Waals surface area contributed by atoms with Gasteiger partial charge in [0, 0.05) is 12.3 Å². The Morgan fingerprint density at radius 2 is 2.06 bits per heavy atom. The number of nitrogens with one attached hydrogen (secondary N) is 1. The van der Waals surface area contributed by atoms with Crippen molar-refractivity contribution in [1.29, 1.82) is 0 Å². The van der Waals surface area contributed by atoms with E-state index in [0.29, 0.717) is 21.9 Å². The predicted molar refractivity (Wildman–Crippen MR) is 75.0 cm³/mol. The van der Waals surface area contributed by atoms with Crippen LogP contribution >= 0.6 is 11.6 Å². The molecule has 0 bridgehead atoms. The zero-order valence-corrected chi connectivity index (χ0v) is 12.2. The first-order valence-electron chi connectivity index (χ1n) is 6.14.